The van der Waals surface area contributed by atoms with Gasteiger partial charge in [-0.15, -0.1) is 0 Å². The number of carbonyl (C=O) groups excluding carboxylic acids is 3. The Labute approximate surface area is 447 Å². The molecule has 0 fully saturated rings. The Morgan fingerprint density at radius 1 is 0.292 bits per heavy atom. The lowest BCUT2D eigenvalue weighted by Crippen LogP contribution is -2.30. The van der Waals surface area contributed by atoms with Crippen molar-refractivity contribution in [1.82, 2.24) is 0 Å². The molecule has 1 atom stereocenters. The SMILES string of the molecule is CC/C=C\C/C=C\C/C=C\C/C=C\C/C=C\CCCCCCCC(=O)OCC(COC(=O)CCCCCCCCCCCCCCCCCC)OC(=O)CCCCCCCCCCCCCCCCCCC. The predicted octanol–water partition coefficient (Wildman–Crippen LogP) is 21.2. The Morgan fingerprint density at radius 3 is 0.847 bits per heavy atom. The van der Waals surface area contributed by atoms with Crippen LogP contribution >= 0.6 is 0 Å². The van der Waals surface area contributed by atoms with Crippen LogP contribution < -0.4 is 0 Å². The molecule has 6 nitrogen and oxygen atoms in total. The van der Waals surface area contributed by atoms with Crippen molar-refractivity contribution in [3.63, 3.8) is 0 Å². The maximum absolute atomic E-state index is 12.9. The number of hydrogen-bond acceptors (Lipinski definition) is 6. The van der Waals surface area contributed by atoms with E-state index in [-0.39, 0.29) is 31.1 Å². The number of hydrogen-bond donors (Lipinski definition) is 0. The maximum Gasteiger partial charge on any atom is 0.306 e. The molecule has 0 amide bonds. The second kappa shape index (κ2) is 60.7. The number of unbranched alkanes of at least 4 members (excludes halogenated alkanes) is 36. The van der Waals surface area contributed by atoms with Gasteiger partial charge in [-0.3, -0.25) is 14.4 Å². The van der Waals surface area contributed by atoms with E-state index in [2.05, 4.69) is 81.5 Å². The first-order valence-electron chi connectivity index (χ1n) is 31.3. The van der Waals surface area contributed by atoms with Gasteiger partial charge in [-0.1, -0.05) is 300 Å². The number of esters is 3. The molecule has 0 rings (SSSR count). The lowest BCUT2D eigenvalue weighted by atomic mass is 10.0. The van der Waals surface area contributed by atoms with Gasteiger partial charge in [0, 0.05) is 19.3 Å². The van der Waals surface area contributed by atoms with E-state index in [0.717, 1.165) is 109 Å². The summed E-state index contributed by atoms with van der Waals surface area (Å²) in [5.74, 6) is -0.875. The zero-order valence-corrected chi connectivity index (χ0v) is 47.9. The van der Waals surface area contributed by atoms with Crippen molar-refractivity contribution < 1.29 is 28.6 Å². The molecule has 0 N–H and O–H groups in total. The molecule has 418 valence electrons. The summed E-state index contributed by atoms with van der Waals surface area (Å²) in [5.41, 5.74) is 0. The maximum atomic E-state index is 12.9. The van der Waals surface area contributed by atoms with Crippen LogP contribution in [0, 0.1) is 0 Å². The van der Waals surface area contributed by atoms with Crippen molar-refractivity contribution in [3.05, 3.63) is 60.8 Å². The van der Waals surface area contributed by atoms with E-state index in [1.165, 1.54) is 173 Å². The van der Waals surface area contributed by atoms with Gasteiger partial charge in [-0.25, -0.2) is 0 Å². The molecule has 0 spiro atoms. The Hall–Kier alpha value is -2.89. The smallest absolute Gasteiger partial charge is 0.306 e. The number of ether oxygens (including phenoxy) is 3. The highest BCUT2D eigenvalue weighted by molar-refractivity contribution is 5.71. The van der Waals surface area contributed by atoms with Crippen molar-refractivity contribution in [3.8, 4) is 0 Å². The van der Waals surface area contributed by atoms with Gasteiger partial charge in [-0.2, -0.15) is 0 Å². The van der Waals surface area contributed by atoms with Gasteiger partial charge in [0.25, 0.3) is 0 Å². The van der Waals surface area contributed by atoms with Crippen molar-refractivity contribution >= 4 is 17.9 Å². The fraction of sp³-hybridized carbons (Fsp3) is 0.803. The van der Waals surface area contributed by atoms with Gasteiger partial charge < -0.3 is 14.2 Å². The van der Waals surface area contributed by atoms with Crippen LogP contribution in [0.4, 0.5) is 0 Å². The summed E-state index contributed by atoms with van der Waals surface area (Å²) in [6.45, 7) is 6.56. The van der Waals surface area contributed by atoms with Crippen molar-refractivity contribution in [1.29, 1.82) is 0 Å². The normalized spacial score (nSPS) is 12.4. The molecule has 0 bridgehead atoms. The van der Waals surface area contributed by atoms with Gasteiger partial charge in [-0.05, 0) is 64.2 Å². The van der Waals surface area contributed by atoms with Crippen LogP contribution in [0.5, 0.6) is 0 Å². The second-order valence-corrected chi connectivity index (χ2v) is 21.0. The van der Waals surface area contributed by atoms with Crippen LogP contribution in [0.3, 0.4) is 0 Å². The highest BCUT2D eigenvalue weighted by atomic mass is 16.6. The Bertz CT molecular complexity index is 1290. The molecule has 0 aromatic heterocycles. The second-order valence-electron chi connectivity index (χ2n) is 21.0. The molecule has 0 radical (unpaired) electrons. The highest BCUT2D eigenvalue weighted by Gasteiger charge is 2.19. The van der Waals surface area contributed by atoms with Crippen LogP contribution in [-0.4, -0.2) is 37.2 Å². The molecule has 0 aromatic rings. The van der Waals surface area contributed by atoms with Crippen molar-refractivity contribution in [2.24, 2.45) is 0 Å². The zero-order chi connectivity index (χ0) is 52.2. The average molecular weight is 1010 g/mol. The standard InChI is InChI=1S/C66H118O6/c1-4-7-10-13-16-19-22-25-28-31-32-33-34-36-38-41-44-47-50-53-56-59-65(68)71-62-63(61-70-64(67)58-55-52-49-46-43-40-37-30-27-24-21-18-15-12-9-6-3)72-66(69)60-57-54-51-48-45-42-39-35-29-26-23-20-17-14-11-8-5-2/h7,10,16,19,25,28,32-33,36,38,63H,4-6,8-9,11-15,17-18,20-24,26-27,29-31,34-35,37,39-62H2,1-3H3/b10-7-,19-16-,28-25-,33-32-,38-36-. The zero-order valence-electron chi connectivity index (χ0n) is 47.9. The monoisotopic (exact) mass is 1010 g/mol. The summed E-state index contributed by atoms with van der Waals surface area (Å²) >= 11 is 0. The Morgan fingerprint density at radius 2 is 0.542 bits per heavy atom. The van der Waals surface area contributed by atoms with Crippen LogP contribution in [0.2, 0.25) is 0 Å². The largest absolute Gasteiger partial charge is 0.462 e. The summed E-state index contributed by atoms with van der Waals surface area (Å²) in [7, 11) is 0. The topological polar surface area (TPSA) is 78.9 Å². The molecule has 0 aliphatic heterocycles. The molecule has 0 saturated carbocycles. The molecule has 0 heterocycles. The minimum Gasteiger partial charge on any atom is -0.462 e. The summed E-state index contributed by atoms with van der Waals surface area (Å²) < 4.78 is 16.9. The molecular formula is C66H118O6. The van der Waals surface area contributed by atoms with E-state index in [1.807, 2.05) is 0 Å². The Kier molecular flexibility index (Phi) is 58.2. The van der Waals surface area contributed by atoms with E-state index in [4.69, 9.17) is 14.2 Å². The molecule has 0 aromatic carbocycles. The first kappa shape index (κ1) is 69.1. The van der Waals surface area contributed by atoms with Crippen LogP contribution in [-0.2, 0) is 28.6 Å². The van der Waals surface area contributed by atoms with E-state index in [1.54, 1.807) is 0 Å². The summed E-state index contributed by atoms with van der Waals surface area (Å²) in [6.07, 6.45) is 76.4. The first-order valence-corrected chi connectivity index (χ1v) is 31.3. The first-order chi connectivity index (χ1) is 35.5. The van der Waals surface area contributed by atoms with E-state index < -0.39 is 6.10 Å². The van der Waals surface area contributed by atoms with E-state index in [9.17, 15) is 14.4 Å². The predicted molar refractivity (Wildman–Crippen MR) is 312 cm³/mol. The molecule has 1 unspecified atom stereocenters. The number of rotatable bonds is 57. The molecule has 0 aliphatic rings. The number of allylic oxidation sites excluding steroid dienone is 10. The van der Waals surface area contributed by atoms with Crippen molar-refractivity contribution in [2.75, 3.05) is 13.2 Å². The Balaban J connectivity index is 4.38. The van der Waals surface area contributed by atoms with Crippen LogP contribution in [0.15, 0.2) is 60.8 Å². The third-order valence-corrected chi connectivity index (χ3v) is 13.8. The van der Waals surface area contributed by atoms with E-state index >= 15 is 0 Å². The van der Waals surface area contributed by atoms with E-state index in [0.29, 0.717) is 19.3 Å². The summed E-state index contributed by atoms with van der Waals surface area (Å²) in [4.78, 5) is 38.3. The third kappa shape index (κ3) is 58.0. The van der Waals surface area contributed by atoms with Gasteiger partial charge in [0.2, 0.25) is 0 Å². The van der Waals surface area contributed by atoms with Crippen LogP contribution in [0.25, 0.3) is 0 Å². The minimum absolute atomic E-state index is 0.0757. The molecule has 0 saturated heterocycles. The number of carbonyl (C=O) groups is 3. The van der Waals surface area contributed by atoms with Gasteiger partial charge in [0.05, 0.1) is 0 Å². The molecule has 6 heteroatoms. The fourth-order valence-electron chi connectivity index (χ4n) is 9.12. The van der Waals surface area contributed by atoms with Gasteiger partial charge in [0.1, 0.15) is 13.2 Å². The average Bonchev–Trinajstić information content (AvgIpc) is 3.38. The molecule has 0 aliphatic carbocycles. The van der Waals surface area contributed by atoms with Gasteiger partial charge in [0.15, 0.2) is 6.10 Å². The van der Waals surface area contributed by atoms with Crippen LogP contribution in [0.1, 0.15) is 323 Å². The summed E-state index contributed by atoms with van der Waals surface area (Å²) in [5, 5.41) is 0. The lowest BCUT2D eigenvalue weighted by Gasteiger charge is -2.18. The third-order valence-electron chi connectivity index (χ3n) is 13.8. The molecule has 72 heavy (non-hydrogen) atoms. The quantitative estimate of drug-likeness (QED) is 0.0261. The minimum atomic E-state index is -0.780. The van der Waals surface area contributed by atoms with Gasteiger partial charge >= 0.3 is 17.9 Å². The fourth-order valence-corrected chi connectivity index (χ4v) is 9.12. The summed E-state index contributed by atoms with van der Waals surface area (Å²) in [6, 6.07) is 0. The lowest BCUT2D eigenvalue weighted by molar-refractivity contribution is -0.167. The molecular weight excluding hydrogens is 889 g/mol. The highest BCUT2D eigenvalue weighted by Crippen LogP contribution is 2.17. The van der Waals surface area contributed by atoms with Crippen molar-refractivity contribution in [2.45, 2.75) is 329 Å².